The molecule has 1 aromatic rings. The van der Waals surface area contributed by atoms with Crippen LogP contribution in [0.3, 0.4) is 0 Å². The van der Waals surface area contributed by atoms with Crippen molar-refractivity contribution in [3.63, 3.8) is 0 Å². The Balaban J connectivity index is 1.80. The van der Waals surface area contributed by atoms with Gasteiger partial charge in [0.05, 0.1) is 31.1 Å². The molecule has 0 aromatic carbocycles. The number of halogens is 3. The van der Waals surface area contributed by atoms with Crippen molar-refractivity contribution in [2.24, 2.45) is 11.8 Å². The smallest absolute Gasteiger partial charge is 0.427 e. The van der Waals surface area contributed by atoms with Crippen LogP contribution in [0.5, 0.6) is 0 Å². The fraction of sp³-hybridized carbons (Fsp3) is 0.526. The molecule has 2 atom stereocenters. The summed E-state index contributed by atoms with van der Waals surface area (Å²) >= 11 is 0. The minimum absolute atomic E-state index is 0.0181. The average molecular weight is 399 g/mol. The Morgan fingerprint density at radius 1 is 1.21 bits per heavy atom. The first-order valence-corrected chi connectivity index (χ1v) is 8.91. The molecule has 2 bridgehead atoms. The molecular formula is C19H20F3NO5. The van der Waals surface area contributed by atoms with Crippen LogP contribution in [0.1, 0.15) is 41.0 Å². The van der Waals surface area contributed by atoms with Crippen LogP contribution < -0.4 is 0 Å². The summed E-state index contributed by atoms with van der Waals surface area (Å²) in [6.45, 7) is 0.0732. The highest BCUT2D eigenvalue weighted by molar-refractivity contribution is 5.95. The third kappa shape index (κ3) is 4.59. The zero-order valence-corrected chi connectivity index (χ0v) is 15.3. The van der Waals surface area contributed by atoms with Gasteiger partial charge in [0.1, 0.15) is 11.5 Å². The van der Waals surface area contributed by atoms with E-state index in [0.29, 0.717) is 6.42 Å². The summed E-state index contributed by atoms with van der Waals surface area (Å²) < 4.78 is 54.4. The van der Waals surface area contributed by atoms with Crippen molar-refractivity contribution in [1.82, 2.24) is 4.98 Å². The number of carbonyl (C=O) groups is 2. The largest absolute Gasteiger partial charge is 0.433 e. The number of methoxy groups -OCH3 is 1. The van der Waals surface area contributed by atoms with E-state index < -0.39 is 17.8 Å². The minimum atomic E-state index is -4.65. The van der Waals surface area contributed by atoms with Gasteiger partial charge in [0.2, 0.25) is 0 Å². The molecule has 3 rings (SSSR count). The Morgan fingerprint density at radius 2 is 1.96 bits per heavy atom. The van der Waals surface area contributed by atoms with E-state index in [1.54, 1.807) is 0 Å². The Kier molecular flexibility index (Phi) is 6.14. The summed E-state index contributed by atoms with van der Waals surface area (Å²) in [5.74, 6) is -0.698. The maximum absolute atomic E-state index is 13.0. The molecule has 0 radical (unpaired) electrons. The second-order valence-electron chi connectivity index (χ2n) is 6.78. The lowest BCUT2D eigenvalue weighted by Gasteiger charge is -2.20. The van der Waals surface area contributed by atoms with E-state index in [1.807, 2.05) is 0 Å². The monoisotopic (exact) mass is 399 g/mol. The Hall–Kier alpha value is -2.26. The van der Waals surface area contributed by atoms with Gasteiger partial charge in [-0.1, -0.05) is 0 Å². The third-order valence-corrected chi connectivity index (χ3v) is 4.89. The molecule has 1 heterocycles. The molecule has 0 unspecified atom stereocenters. The first-order chi connectivity index (χ1) is 13.3. The maximum atomic E-state index is 13.0. The molecule has 28 heavy (non-hydrogen) atoms. The number of aromatic nitrogens is 1. The normalized spacial score (nSPS) is 21.6. The van der Waals surface area contributed by atoms with E-state index in [2.05, 4.69) is 4.98 Å². The van der Waals surface area contributed by atoms with Crippen molar-refractivity contribution in [3.05, 3.63) is 40.9 Å². The number of ether oxygens (including phenoxy) is 3. The average Bonchev–Trinajstić information content (AvgIpc) is 3.08. The molecule has 0 amide bonds. The highest BCUT2D eigenvalue weighted by atomic mass is 19.4. The summed E-state index contributed by atoms with van der Waals surface area (Å²) in [5, 5.41) is 0. The molecule has 0 N–H and O–H groups in total. The van der Waals surface area contributed by atoms with Gasteiger partial charge >= 0.3 is 12.1 Å². The molecule has 1 saturated carbocycles. The second-order valence-corrected chi connectivity index (χ2v) is 6.78. The van der Waals surface area contributed by atoms with E-state index in [9.17, 15) is 22.8 Å². The number of hydrogen-bond acceptors (Lipinski definition) is 6. The summed E-state index contributed by atoms with van der Waals surface area (Å²) in [6.07, 6.45) is -1.19. The fourth-order valence-electron chi connectivity index (χ4n) is 3.42. The van der Waals surface area contributed by atoms with Crippen LogP contribution >= 0.6 is 0 Å². The number of carbonyl (C=O) groups excluding carboxylic acids is 2. The molecule has 1 fully saturated rings. The van der Waals surface area contributed by atoms with E-state index >= 15 is 0 Å². The van der Waals surface area contributed by atoms with Gasteiger partial charge in [-0.3, -0.25) is 4.79 Å². The number of fused-ring (bicyclic) bond motifs is 2. The molecular weight excluding hydrogens is 379 g/mol. The standard InChI is InChI=1S/C19H20F3NO5/c1-26-6-7-27-10-14-13(4-5-17(23-14)19(20,21)22)18(25)28-16-9-15(24)11-2-3-12(16)8-11/h4-5,9,11-12H,2-3,6-8,10H2,1H3/t11-,12+/m1/s1. The maximum Gasteiger partial charge on any atom is 0.433 e. The van der Waals surface area contributed by atoms with Gasteiger partial charge in [0.25, 0.3) is 0 Å². The molecule has 0 saturated heterocycles. The zero-order chi connectivity index (χ0) is 20.3. The first-order valence-electron chi connectivity index (χ1n) is 8.91. The van der Waals surface area contributed by atoms with Crippen molar-refractivity contribution >= 4 is 11.8 Å². The van der Waals surface area contributed by atoms with Crippen LogP contribution in [0.15, 0.2) is 24.0 Å². The molecule has 9 heteroatoms. The van der Waals surface area contributed by atoms with Crippen molar-refractivity contribution in [2.75, 3.05) is 20.3 Å². The van der Waals surface area contributed by atoms with Gasteiger partial charge in [-0.05, 0) is 31.4 Å². The van der Waals surface area contributed by atoms with Crippen molar-refractivity contribution < 1.29 is 37.0 Å². The molecule has 2 aliphatic rings. The number of pyridine rings is 1. The zero-order valence-electron chi connectivity index (χ0n) is 15.3. The number of allylic oxidation sites excluding steroid dienone is 2. The SMILES string of the molecule is COCCOCc1nc(C(F)(F)F)ccc1C(=O)OC1=CC(=O)[C@@H]2CC[C@H]1C2. The summed E-state index contributed by atoms with van der Waals surface area (Å²) in [7, 11) is 1.46. The molecule has 1 aromatic heterocycles. The van der Waals surface area contributed by atoms with E-state index in [-0.39, 0.29) is 54.5 Å². The predicted octanol–water partition coefficient (Wildman–Crippen LogP) is 3.30. The molecule has 0 aliphatic heterocycles. The van der Waals surface area contributed by atoms with Crippen LogP contribution in [-0.2, 0) is 31.8 Å². The fourth-order valence-corrected chi connectivity index (χ4v) is 3.42. The van der Waals surface area contributed by atoms with Crippen molar-refractivity contribution in [1.29, 1.82) is 0 Å². The summed E-state index contributed by atoms with van der Waals surface area (Å²) in [5.41, 5.74) is -1.43. The van der Waals surface area contributed by atoms with Crippen LogP contribution in [0.4, 0.5) is 13.2 Å². The molecule has 0 spiro atoms. The Labute approximate surface area is 159 Å². The van der Waals surface area contributed by atoms with E-state index in [1.165, 1.54) is 13.2 Å². The van der Waals surface area contributed by atoms with Gasteiger partial charge in [0, 0.05) is 25.0 Å². The van der Waals surface area contributed by atoms with Crippen LogP contribution in [0, 0.1) is 11.8 Å². The number of alkyl halides is 3. The molecule has 2 aliphatic carbocycles. The quantitative estimate of drug-likeness (QED) is 0.517. The van der Waals surface area contributed by atoms with Gasteiger partial charge in [-0.2, -0.15) is 13.2 Å². The van der Waals surface area contributed by atoms with Crippen molar-refractivity contribution in [3.8, 4) is 0 Å². The lowest BCUT2D eigenvalue weighted by atomic mass is 9.93. The highest BCUT2D eigenvalue weighted by Crippen LogP contribution is 2.41. The Morgan fingerprint density at radius 3 is 2.68 bits per heavy atom. The van der Waals surface area contributed by atoms with E-state index in [0.717, 1.165) is 25.0 Å². The van der Waals surface area contributed by atoms with Gasteiger partial charge in [0.15, 0.2) is 5.78 Å². The molecule has 6 nitrogen and oxygen atoms in total. The lowest BCUT2D eigenvalue weighted by molar-refractivity contribution is -0.141. The highest BCUT2D eigenvalue weighted by Gasteiger charge is 2.38. The van der Waals surface area contributed by atoms with Gasteiger partial charge in [-0.15, -0.1) is 0 Å². The van der Waals surface area contributed by atoms with Crippen LogP contribution in [0.2, 0.25) is 0 Å². The number of ketones is 1. The topological polar surface area (TPSA) is 74.7 Å². The van der Waals surface area contributed by atoms with Gasteiger partial charge < -0.3 is 14.2 Å². The van der Waals surface area contributed by atoms with E-state index in [4.69, 9.17) is 14.2 Å². The summed E-state index contributed by atoms with van der Waals surface area (Å²) in [6, 6.07) is 1.75. The van der Waals surface area contributed by atoms with Crippen molar-refractivity contribution in [2.45, 2.75) is 32.0 Å². The van der Waals surface area contributed by atoms with Crippen LogP contribution in [0.25, 0.3) is 0 Å². The number of hydrogen-bond donors (Lipinski definition) is 0. The van der Waals surface area contributed by atoms with Gasteiger partial charge in [-0.25, -0.2) is 9.78 Å². The predicted molar refractivity (Wildman–Crippen MR) is 90.1 cm³/mol. The molecule has 152 valence electrons. The number of esters is 1. The summed E-state index contributed by atoms with van der Waals surface area (Å²) in [4.78, 5) is 28.1. The minimum Gasteiger partial charge on any atom is -0.427 e. The second kappa shape index (κ2) is 8.40. The van der Waals surface area contributed by atoms with Crippen LogP contribution in [-0.4, -0.2) is 37.1 Å². The lowest BCUT2D eigenvalue weighted by Crippen LogP contribution is -2.21. The third-order valence-electron chi connectivity index (χ3n) is 4.89. The Bertz CT molecular complexity index is 790. The number of rotatable bonds is 7. The first kappa shape index (κ1) is 20.5. The number of nitrogens with zero attached hydrogens (tertiary/aromatic N) is 1.